The Bertz CT molecular complexity index is 284. The molecule has 0 radical (unpaired) electrons. The van der Waals surface area contributed by atoms with Crippen LogP contribution in [-0.2, 0) is 4.79 Å². The molecule has 4 nitrogen and oxygen atoms in total. The fraction of sp³-hybridized carbons (Fsp3) is 0.929. The average molecular weight is 253 g/mol. The highest BCUT2D eigenvalue weighted by Gasteiger charge is 2.29. The Hall–Kier alpha value is -0.610. The van der Waals surface area contributed by atoms with Gasteiger partial charge in [0.1, 0.15) is 0 Å². The number of nitrogens with one attached hydrogen (secondary N) is 2. The van der Waals surface area contributed by atoms with Crippen molar-refractivity contribution in [1.29, 1.82) is 0 Å². The Labute approximate surface area is 110 Å². The summed E-state index contributed by atoms with van der Waals surface area (Å²) in [4.78, 5) is 14.5. The number of hydrogen-bond acceptors (Lipinski definition) is 3. The van der Waals surface area contributed by atoms with Gasteiger partial charge in [-0.3, -0.25) is 9.69 Å². The normalized spacial score (nSPS) is 27.4. The lowest BCUT2D eigenvalue weighted by atomic mass is 9.98. The van der Waals surface area contributed by atoms with Gasteiger partial charge in [0, 0.05) is 24.7 Å². The number of likely N-dealkylation sites (tertiary alicyclic amines) is 1. The summed E-state index contributed by atoms with van der Waals surface area (Å²) in [5.74, 6) is 0.210. The fourth-order valence-corrected chi connectivity index (χ4v) is 2.90. The van der Waals surface area contributed by atoms with Crippen LogP contribution in [0.2, 0.25) is 0 Å². The molecule has 0 aliphatic carbocycles. The zero-order chi connectivity index (χ0) is 13.2. The van der Waals surface area contributed by atoms with Crippen LogP contribution >= 0.6 is 0 Å². The van der Waals surface area contributed by atoms with Crippen molar-refractivity contribution >= 4 is 5.91 Å². The summed E-state index contributed by atoms with van der Waals surface area (Å²) < 4.78 is 0. The first-order valence-corrected chi connectivity index (χ1v) is 7.25. The molecule has 2 saturated heterocycles. The molecule has 0 bridgehead atoms. The summed E-state index contributed by atoms with van der Waals surface area (Å²) in [5.41, 5.74) is 0.252. The summed E-state index contributed by atoms with van der Waals surface area (Å²) in [6.45, 7) is 9.94. The lowest BCUT2D eigenvalue weighted by molar-refractivity contribution is -0.123. The largest absolute Gasteiger partial charge is 0.352 e. The first-order valence-electron chi connectivity index (χ1n) is 7.25. The van der Waals surface area contributed by atoms with E-state index in [-0.39, 0.29) is 17.5 Å². The Morgan fingerprint density at radius 3 is 2.39 bits per heavy atom. The van der Waals surface area contributed by atoms with Crippen LogP contribution in [-0.4, -0.2) is 48.1 Å². The molecule has 0 spiro atoms. The Balaban J connectivity index is 1.75. The molecular formula is C14H27N3O. The van der Waals surface area contributed by atoms with E-state index in [1.807, 2.05) is 0 Å². The highest BCUT2D eigenvalue weighted by Crippen LogP contribution is 2.20. The zero-order valence-corrected chi connectivity index (χ0v) is 12.0. The van der Waals surface area contributed by atoms with Crippen LogP contribution in [0.1, 0.15) is 46.5 Å². The smallest absolute Gasteiger partial charge is 0.237 e. The van der Waals surface area contributed by atoms with E-state index in [0.717, 1.165) is 45.3 Å². The quantitative estimate of drug-likeness (QED) is 0.775. The monoisotopic (exact) mass is 253 g/mol. The molecule has 0 saturated carbocycles. The lowest BCUT2D eigenvalue weighted by Gasteiger charge is -2.41. The number of carbonyl (C=O) groups is 1. The highest BCUT2D eigenvalue weighted by molar-refractivity contribution is 5.82. The van der Waals surface area contributed by atoms with Gasteiger partial charge in [-0.2, -0.15) is 0 Å². The van der Waals surface area contributed by atoms with Gasteiger partial charge in [0.15, 0.2) is 0 Å². The minimum absolute atomic E-state index is 0.0608. The standard InChI is InChI=1S/C14H27N3O/c1-14(2,3)17-9-6-11(7-10-17)16-13(18)12-5-4-8-15-12/h11-12,15H,4-10H2,1-3H3,(H,16,18). The van der Waals surface area contributed by atoms with Crippen molar-refractivity contribution in [3.05, 3.63) is 0 Å². The molecule has 18 heavy (non-hydrogen) atoms. The van der Waals surface area contributed by atoms with E-state index in [2.05, 4.69) is 36.3 Å². The van der Waals surface area contributed by atoms with Gasteiger partial charge in [-0.25, -0.2) is 0 Å². The number of rotatable bonds is 2. The second-order valence-electron chi connectivity index (χ2n) is 6.59. The van der Waals surface area contributed by atoms with Crippen molar-refractivity contribution in [2.45, 2.75) is 64.1 Å². The summed E-state index contributed by atoms with van der Waals surface area (Å²) in [7, 11) is 0. The number of amides is 1. The summed E-state index contributed by atoms with van der Waals surface area (Å²) >= 11 is 0. The molecule has 2 aliphatic rings. The van der Waals surface area contributed by atoms with Gasteiger partial charge in [-0.05, 0) is 53.0 Å². The number of nitrogens with zero attached hydrogens (tertiary/aromatic N) is 1. The molecule has 0 aromatic heterocycles. The van der Waals surface area contributed by atoms with Crippen LogP contribution in [0.25, 0.3) is 0 Å². The second kappa shape index (κ2) is 5.57. The van der Waals surface area contributed by atoms with Crippen molar-refractivity contribution < 1.29 is 4.79 Å². The van der Waals surface area contributed by atoms with Gasteiger partial charge < -0.3 is 10.6 Å². The zero-order valence-electron chi connectivity index (χ0n) is 12.0. The number of piperidine rings is 1. The minimum atomic E-state index is 0.0608. The van der Waals surface area contributed by atoms with E-state index in [0.29, 0.717) is 6.04 Å². The molecule has 0 aromatic rings. The SMILES string of the molecule is CC(C)(C)N1CCC(NC(=O)C2CCCN2)CC1. The van der Waals surface area contributed by atoms with Crippen LogP contribution in [0.15, 0.2) is 0 Å². The predicted octanol–water partition coefficient (Wildman–Crippen LogP) is 1.12. The van der Waals surface area contributed by atoms with Crippen molar-refractivity contribution in [1.82, 2.24) is 15.5 Å². The van der Waals surface area contributed by atoms with E-state index < -0.39 is 0 Å². The van der Waals surface area contributed by atoms with Crippen molar-refractivity contribution in [3.63, 3.8) is 0 Å². The van der Waals surface area contributed by atoms with E-state index in [9.17, 15) is 4.79 Å². The molecule has 2 heterocycles. The van der Waals surface area contributed by atoms with Crippen molar-refractivity contribution in [2.75, 3.05) is 19.6 Å². The van der Waals surface area contributed by atoms with Crippen molar-refractivity contribution in [2.24, 2.45) is 0 Å². The molecule has 2 fully saturated rings. The maximum Gasteiger partial charge on any atom is 0.237 e. The maximum atomic E-state index is 12.0. The third kappa shape index (κ3) is 3.45. The van der Waals surface area contributed by atoms with Crippen LogP contribution in [0.3, 0.4) is 0 Å². The van der Waals surface area contributed by atoms with Gasteiger partial charge in [-0.15, -0.1) is 0 Å². The third-order valence-corrected chi connectivity index (χ3v) is 4.17. The molecule has 1 amide bonds. The molecule has 2 rings (SSSR count). The average Bonchev–Trinajstić information content (AvgIpc) is 2.82. The molecule has 2 N–H and O–H groups in total. The Morgan fingerprint density at radius 1 is 1.22 bits per heavy atom. The first-order chi connectivity index (χ1) is 8.47. The van der Waals surface area contributed by atoms with E-state index in [1.165, 1.54) is 0 Å². The van der Waals surface area contributed by atoms with Crippen molar-refractivity contribution in [3.8, 4) is 0 Å². The molecule has 2 aliphatic heterocycles. The fourth-order valence-electron chi connectivity index (χ4n) is 2.90. The number of hydrogen-bond donors (Lipinski definition) is 2. The second-order valence-corrected chi connectivity index (χ2v) is 6.59. The Kier molecular flexibility index (Phi) is 4.28. The van der Waals surface area contributed by atoms with Gasteiger partial charge in [0.2, 0.25) is 5.91 Å². The number of carbonyl (C=O) groups excluding carboxylic acids is 1. The van der Waals surface area contributed by atoms with Gasteiger partial charge in [-0.1, -0.05) is 0 Å². The molecule has 104 valence electrons. The maximum absolute atomic E-state index is 12.0. The molecule has 4 heteroatoms. The molecule has 0 aromatic carbocycles. The van der Waals surface area contributed by atoms with Gasteiger partial charge in [0.25, 0.3) is 0 Å². The predicted molar refractivity (Wildman–Crippen MR) is 73.5 cm³/mol. The first kappa shape index (κ1) is 13.8. The summed E-state index contributed by atoms with van der Waals surface area (Å²) in [5, 5.41) is 6.46. The molecule has 1 unspecified atom stereocenters. The van der Waals surface area contributed by atoms with Crippen LogP contribution < -0.4 is 10.6 Å². The van der Waals surface area contributed by atoms with Crippen LogP contribution in [0, 0.1) is 0 Å². The van der Waals surface area contributed by atoms with E-state index in [4.69, 9.17) is 0 Å². The lowest BCUT2D eigenvalue weighted by Crippen LogP contribution is -2.53. The Morgan fingerprint density at radius 2 is 1.89 bits per heavy atom. The van der Waals surface area contributed by atoms with Crippen LogP contribution in [0.4, 0.5) is 0 Å². The molecular weight excluding hydrogens is 226 g/mol. The van der Waals surface area contributed by atoms with Gasteiger partial charge >= 0.3 is 0 Å². The highest BCUT2D eigenvalue weighted by atomic mass is 16.2. The third-order valence-electron chi connectivity index (χ3n) is 4.17. The summed E-state index contributed by atoms with van der Waals surface area (Å²) in [6, 6.07) is 0.434. The summed E-state index contributed by atoms with van der Waals surface area (Å²) in [6.07, 6.45) is 4.28. The van der Waals surface area contributed by atoms with E-state index >= 15 is 0 Å². The molecule has 1 atom stereocenters. The minimum Gasteiger partial charge on any atom is -0.352 e. The van der Waals surface area contributed by atoms with E-state index in [1.54, 1.807) is 0 Å². The van der Waals surface area contributed by atoms with Crippen LogP contribution in [0.5, 0.6) is 0 Å². The topological polar surface area (TPSA) is 44.4 Å². The van der Waals surface area contributed by atoms with Gasteiger partial charge in [0.05, 0.1) is 6.04 Å².